The summed E-state index contributed by atoms with van der Waals surface area (Å²) >= 11 is 0. The van der Waals surface area contributed by atoms with Crippen molar-refractivity contribution in [2.75, 3.05) is 25.7 Å². The highest BCUT2D eigenvalue weighted by molar-refractivity contribution is 5.58. The molecule has 6 heteroatoms. The van der Waals surface area contributed by atoms with Gasteiger partial charge in [0.25, 0.3) is 0 Å². The molecule has 4 atom stereocenters. The number of piperidine rings is 1. The Morgan fingerprint density at radius 1 is 1.22 bits per heavy atom. The van der Waals surface area contributed by atoms with Gasteiger partial charge in [0, 0.05) is 24.9 Å². The van der Waals surface area contributed by atoms with Crippen molar-refractivity contribution in [1.29, 1.82) is 0 Å². The van der Waals surface area contributed by atoms with E-state index in [1.807, 2.05) is 6.92 Å². The van der Waals surface area contributed by atoms with Crippen LogP contribution < -0.4 is 9.64 Å². The molecule has 2 fully saturated rings. The quantitative estimate of drug-likeness (QED) is 0.818. The number of hydrogen-bond donors (Lipinski definition) is 0. The van der Waals surface area contributed by atoms with E-state index in [1.54, 1.807) is 43.4 Å². The van der Waals surface area contributed by atoms with Gasteiger partial charge in [-0.3, -0.25) is 0 Å². The van der Waals surface area contributed by atoms with Gasteiger partial charge < -0.3 is 14.4 Å². The van der Waals surface area contributed by atoms with Crippen LogP contribution in [0.3, 0.4) is 0 Å². The SMILES string of the molecule is COCC[C@H]1[C@@H]2C[C@H](C(F)(F)F)N(c3ccc(OC)cc3)[C@]12C. The molecule has 1 saturated heterocycles. The van der Waals surface area contributed by atoms with Gasteiger partial charge >= 0.3 is 6.18 Å². The first-order chi connectivity index (χ1) is 10.8. The van der Waals surface area contributed by atoms with Gasteiger partial charge in [-0.2, -0.15) is 13.2 Å². The first kappa shape index (κ1) is 16.4. The van der Waals surface area contributed by atoms with Crippen molar-refractivity contribution < 1.29 is 22.6 Å². The average Bonchev–Trinajstić information content (AvgIpc) is 2.92. The van der Waals surface area contributed by atoms with E-state index >= 15 is 0 Å². The van der Waals surface area contributed by atoms with Crippen molar-refractivity contribution in [2.24, 2.45) is 11.8 Å². The number of nitrogens with zero attached hydrogens (tertiary/aromatic N) is 1. The number of fused-ring (bicyclic) bond motifs is 1. The number of methoxy groups -OCH3 is 2. The lowest BCUT2D eigenvalue weighted by Gasteiger charge is -2.37. The van der Waals surface area contributed by atoms with Gasteiger partial charge in [0.05, 0.1) is 7.11 Å². The molecule has 1 aromatic carbocycles. The first-order valence-electron chi connectivity index (χ1n) is 7.83. The Labute approximate surface area is 134 Å². The van der Waals surface area contributed by atoms with Gasteiger partial charge in [-0.05, 0) is 55.9 Å². The summed E-state index contributed by atoms with van der Waals surface area (Å²) in [7, 11) is 3.17. The molecule has 0 N–H and O–H groups in total. The minimum absolute atomic E-state index is 0.0753. The van der Waals surface area contributed by atoms with Crippen LogP contribution in [0.25, 0.3) is 0 Å². The molecule has 0 amide bonds. The maximum absolute atomic E-state index is 13.5. The molecule has 0 bridgehead atoms. The summed E-state index contributed by atoms with van der Waals surface area (Å²) in [6, 6.07) is 5.45. The molecule has 1 heterocycles. The van der Waals surface area contributed by atoms with Crippen LogP contribution >= 0.6 is 0 Å². The topological polar surface area (TPSA) is 21.7 Å². The van der Waals surface area contributed by atoms with Crippen molar-refractivity contribution in [3.8, 4) is 5.75 Å². The smallest absolute Gasteiger partial charge is 0.408 e. The molecule has 0 aromatic heterocycles. The van der Waals surface area contributed by atoms with Gasteiger partial charge in [0.15, 0.2) is 0 Å². The predicted molar refractivity (Wildman–Crippen MR) is 81.8 cm³/mol. The van der Waals surface area contributed by atoms with Crippen LogP contribution in [-0.2, 0) is 4.74 Å². The molecule has 1 aliphatic carbocycles. The lowest BCUT2D eigenvalue weighted by atomic mass is 10.0. The Kier molecular flexibility index (Phi) is 3.99. The standard InChI is InChI=1S/C17H22F3NO2/c1-16-13(8-9-22-2)14(16)10-15(17(18,19)20)21(16)11-4-6-12(23-3)7-5-11/h4-7,13-15H,8-10H2,1-3H3/t13-,14-,15+,16+/m0/s1. The molecule has 1 saturated carbocycles. The highest BCUT2D eigenvalue weighted by atomic mass is 19.4. The Morgan fingerprint density at radius 3 is 2.39 bits per heavy atom. The largest absolute Gasteiger partial charge is 0.497 e. The molecule has 2 aliphatic rings. The van der Waals surface area contributed by atoms with Crippen molar-refractivity contribution in [1.82, 2.24) is 0 Å². The molecule has 1 aliphatic heterocycles. The number of anilines is 1. The average molecular weight is 329 g/mol. The minimum atomic E-state index is -4.22. The summed E-state index contributed by atoms with van der Waals surface area (Å²) in [6.07, 6.45) is -3.25. The summed E-state index contributed by atoms with van der Waals surface area (Å²) < 4.78 is 50.7. The first-order valence-corrected chi connectivity index (χ1v) is 7.83. The molecule has 23 heavy (non-hydrogen) atoms. The Balaban J connectivity index is 1.90. The highest BCUT2D eigenvalue weighted by Crippen LogP contribution is 2.66. The van der Waals surface area contributed by atoms with Gasteiger partial charge in [-0.25, -0.2) is 0 Å². The van der Waals surface area contributed by atoms with E-state index in [0.717, 1.165) is 6.42 Å². The molecule has 3 nitrogen and oxygen atoms in total. The van der Waals surface area contributed by atoms with Gasteiger partial charge in [0.2, 0.25) is 0 Å². The molecule has 0 spiro atoms. The molecular weight excluding hydrogens is 307 g/mol. The van der Waals surface area contributed by atoms with Gasteiger partial charge in [0.1, 0.15) is 11.8 Å². The third-order valence-electron chi connectivity index (χ3n) is 5.55. The number of halogens is 3. The van der Waals surface area contributed by atoms with Crippen LogP contribution in [0.15, 0.2) is 24.3 Å². The third-order valence-corrected chi connectivity index (χ3v) is 5.55. The zero-order valence-corrected chi connectivity index (χ0v) is 13.6. The normalized spacial score (nSPS) is 32.8. The maximum atomic E-state index is 13.5. The summed E-state index contributed by atoms with van der Waals surface area (Å²) in [5.74, 6) is 0.972. The lowest BCUT2D eigenvalue weighted by molar-refractivity contribution is -0.149. The summed E-state index contributed by atoms with van der Waals surface area (Å²) in [5.41, 5.74) is 0.172. The van der Waals surface area contributed by atoms with Crippen LogP contribution in [0.1, 0.15) is 19.8 Å². The van der Waals surface area contributed by atoms with E-state index in [0.29, 0.717) is 18.0 Å². The fourth-order valence-corrected chi connectivity index (χ4v) is 4.34. The van der Waals surface area contributed by atoms with Crippen LogP contribution in [0.4, 0.5) is 18.9 Å². The number of benzene rings is 1. The second-order valence-electron chi connectivity index (χ2n) is 6.58. The highest BCUT2D eigenvalue weighted by Gasteiger charge is 2.73. The zero-order chi connectivity index (χ0) is 16.8. The number of alkyl halides is 3. The van der Waals surface area contributed by atoms with Crippen molar-refractivity contribution >= 4 is 5.69 Å². The number of ether oxygens (including phenoxy) is 2. The second kappa shape index (κ2) is 5.58. The molecule has 0 unspecified atom stereocenters. The Morgan fingerprint density at radius 2 is 1.87 bits per heavy atom. The van der Waals surface area contributed by atoms with Crippen molar-refractivity contribution in [2.45, 2.75) is 37.5 Å². The van der Waals surface area contributed by atoms with E-state index < -0.39 is 17.8 Å². The summed E-state index contributed by atoms with van der Waals surface area (Å²) in [5, 5.41) is 0. The van der Waals surface area contributed by atoms with Crippen LogP contribution in [0.5, 0.6) is 5.75 Å². The van der Waals surface area contributed by atoms with E-state index in [4.69, 9.17) is 9.47 Å². The Hall–Kier alpha value is -1.43. The fraction of sp³-hybridized carbons (Fsp3) is 0.647. The molecule has 128 valence electrons. The maximum Gasteiger partial charge on any atom is 0.408 e. The van der Waals surface area contributed by atoms with E-state index in [1.165, 1.54) is 0 Å². The monoisotopic (exact) mass is 329 g/mol. The second-order valence-corrected chi connectivity index (χ2v) is 6.58. The van der Waals surface area contributed by atoms with Crippen molar-refractivity contribution in [3.63, 3.8) is 0 Å². The number of rotatable bonds is 5. The molecular formula is C17H22F3NO2. The van der Waals surface area contributed by atoms with Crippen LogP contribution in [0, 0.1) is 11.8 Å². The van der Waals surface area contributed by atoms with Gasteiger partial charge in [-0.15, -0.1) is 0 Å². The van der Waals surface area contributed by atoms with E-state index in [2.05, 4.69) is 0 Å². The Bertz CT molecular complexity index is 560. The minimum Gasteiger partial charge on any atom is -0.497 e. The van der Waals surface area contributed by atoms with Crippen LogP contribution in [0.2, 0.25) is 0 Å². The van der Waals surface area contributed by atoms with Crippen molar-refractivity contribution in [3.05, 3.63) is 24.3 Å². The summed E-state index contributed by atoms with van der Waals surface area (Å²) in [4.78, 5) is 1.58. The molecule has 1 aromatic rings. The predicted octanol–water partition coefficient (Wildman–Crippen LogP) is 3.88. The lowest BCUT2D eigenvalue weighted by Crippen LogP contribution is -2.49. The fourth-order valence-electron chi connectivity index (χ4n) is 4.34. The van der Waals surface area contributed by atoms with E-state index in [-0.39, 0.29) is 18.3 Å². The molecule has 0 radical (unpaired) electrons. The van der Waals surface area contributed by atoms with Crippen LogP contribution in [-0.4, -0.2) is 38.6 Å². The summed E-state index contributed by atoms with van der Waals surface area (Å²) in [6.45, 7) is 2.54. The zero-order valence-electron chi connectivity index (χ0n) is 13.6. The third kappa shape index (κ3) is 2.57. The van der Waals surface area contributed by atoms with Gasteiger partial charge in [-0.1, -0.05) is 0 Å². The number of hydrogen-bond acceptors (Lipinski definition) is 3. The molecule has 3 rings (SSSR count). The van der Waals surface area contributed by atoms with E-state index in [9.17, 15) is 13.2 Å².